The fourth-order valence-electron chi connectivity index (χ4n) is 3.16. The van der Waals surface area contributed by atoms with Crippen LogP contribution in [-0.4, -0.2) is 16.6 Å². The molecule has 0 amide bonds. The highest BCUT2D eigenvalue weighted by molar-refractivity contribution is 7.98. The average molecular weight is 385 g/mol. The van der Waals surface area contributed by atoms with Crippen molar-refractivity contribution in [3.05, 3.63) is 65.0 Å². The van der Waals surface area contributed by atoms with E-state index in [1.54, 1.807) is 6.20 Å². The Morgan fingerprint density at radius 3 is 2.75 bits per heavy atom. The van der Waals surface area contributed by atoms with Crippen molar-refractivity contribution in [2.75, 3.05) is 12.3 Å². The van der Waals surface area contributed by atoms with Crippen LogP contribution in [0.2, 0.25) is 0 Å². The number of hydrogen-bond acceptors (Lipinski definition) is 7. The Bertz CT molecular complexity index is 1130. The Balaban J connectivity index is 1.81. The van der Waals surface area contributed by atoms with E-state index in [0.717, 1.165) is 29.0 Å². The molecule has 0 atom stereocenters. The lowest BCUT2D eigenvalue weighted by atomic mass is 9.95. The monoisotopic (exact) mass is 385 g/mol. The van der Waals surface area contributed by atoms with Gasteiger partial charge in [-0.1, -0.05) is 23.9 Å². The molecular formula is C21H15N5OS. The number of thioether (sulfide) groups is 1. The summed E-state index contributed by atoms with van der Waals surface area (Å²) < 4.78 is 5.56. The number of rotatable bonds is 4. The van der Waals surface area contributed by atoms with Crippen LogP contribution in [0.1, 0.15) is 22.4 Å². The first-order chi connectivity index (χ1) is 13.7. The molecule has 4 rings (SSSR count). The van der Waals surface area contributed by atoms with E-state index in [9.17, 15) is 10.5 Å². The Morgan fingerprint density at radius 2 is 2.00 bits per heavy atom. The number of nitrogen functional groups attached to an aromatic ring is 1. The number of ether oxygens (including phenoxy) is 1. The van der Waals surface area contributed by atoms with Crippen molar-refractivity contribution in [1.82, 2.24) is 9.97 Å². The van der Waals surface area contributed by atoms with E-state index >= 15 is 0 Å². The predicted octanol–water partition coefficient (Wildman–Crippen LogP) is 3.70. The second kappa shape index (κ2) is 7.59. The van der Waals surface area contributed by atoms with Gasteiger partial charge in [-0.05, 0) is 35.4 Å². The average Bonchev–Trinajstić information content (AvgIpc) is 3.20. The number of benzene rings is 1. The van der Waals surface area contributed by atoms with Gasteiger partial charge in [-0.25, -0.2) is 4.98 Å². The maximum atomic E-state index is 9.87. The topological polar surface area (TPSA) is 109 Å². The summed E-state index contributed by atoms with van der Waals surface area (Å²) in [5.41, 5.74) is 9.88. The van der Waals surface area contributed by atoms with E-state index in [4.69, 9.17) is 10.5 Å². The molecule has 7 heteroatoms. The first kappa shape index (κ1) is 17.8. The van der Waals surface area contributed by atoms with Gasteiger partial charge in [-0.3, -0.25) is 4.98 Å². The van der Waals surface area contributed by atoms with E-state index in [1.165, 1.54) is 11.8 Å². The van der Waals surface area contributed by atoms with Crippen LogP contribution in [0.3, 0.4) is 0 Å². The van der Waals surface area contributed by atoms with Gasteiger partial charge in [0, 0.05) is 23.9 Å². The predicted molar refractivity (Wildman–Crippen MR) is 107 cm³/mol. The van der Waals surface area contributed by atoms with Crippen molar-refractivity contribution in [2.24, 2.45) is 0 Å². The highest BCUT2D eigenvalue weighted by Gasteiger charge is 2.22. The van der Waals surface area contributed by atoms with Crippen LogP contribution in [0.15, 0.2) is 47.6 Å². The minimum atomic E-state index is 0.122. The molecule has 1 aliphatic heterocycles. The molecule has 6 nitrogen and oxygen atoms in total. The van der Waals surface area contributed by atoms with Gasteiger partial charge in [0.1, 0.15) is 34.3 Å². The van der Waals surface area contributed by atoms with Crippen LogP contribution in [0, 0.1) is 22.7 Å². The van der Waals surface area contributed by atoms with E-state index in [0.29, 0.717) is 28.5 Å². The normalized spacial score (nSPS) is 11.9. The lowest BCUT2D eigenvalue weighted by Gasteiger charge is -2.13. The largest absolute Gasteiger partial charge is 0.493 e. The zero-order chi connectivity index (χ0) is 19.5. The number of pyridine rings is 2. The van der Waals surface area contributed by atoms with Crippen LogP contribution < -0.4 is 10.5 Å². The van der Waals surface area contributed by atoms with Crippen molar-refractivity contribution in [3.63, 3.8) is 0 Å². The lowest BCUT2D eigenvalue weighted by Crippen LogP contribution is -2.03. The second-order valence-electron chi connectivity index (χ2n) is 6.18. The van der Waals surface area contributed by atoms with E-state index in [-0.39, 0.29) is 11.4 Å². The summed E-state index contributed by atoms with van der Waals surface area (Å²) in [6.45, 7) is 0.638. The molecular weight excluding hydrogens is 370 g/mol. The number of hydrogen-bond donors (Lipinski definition) is 1. The summed E-state index contributed by atoms with van der Waals surface area (Å²) in [6, 6.07) is 15.7. The number of aromatic nitrogens is 2. The number of anilines is 1. The van der Waals surface area contributed by atoms with E-state index in [2.05, 4.69) is 22.1 Å². The SMILES string of the molecule is N#Cc1c(N)nc(SCc2ccccn2)c(C#N)c1-c1ccc2c(c1)CCO2. The summed E-state index contributed by atoms with van der Waals surface area (Å²) >= 11 is 1.38. The Labute approximate surface area is 166 Å². The fourth-order valence-corrected chi connectivity index (χ4v) is 4.07. The number of nitrogens with two attached hydrogens (primary N) is 1. The molecule has 2 N–H and O–H groups in total. The minimum Gasteiger partial charge on any atom is -0.493 e. The molecule has 1 aromatic carbocycles. The van der Waals surface area contributed by atoms with Crippen LogP contribution in [0.4, 0.5) is 5.82 Å². The molecule has 0 saturated carbocycles. The third-order valence-electron chi connectivity index (χ3n) is 4.48. The third kappa shape index (κ3) is 3.24. The lowest BCUT2D eigenvalue weighted by molar-refractivity contribution is 0.357. The molecule has 3 heterocycles. The smallest absolute Gasteiger partial charge is 0.143 e. The summed E-state index contributed by atoms with van der Waals surface area (Å²) in [4.78, 5) is 8.63. The summed E-state index contributed by atoms with van der Waals surface area (Å²) in [6.07, 6.45) is 2.52. The summed E-state index contributed by atoms with van der Waals surface area (Å²) in [7, 11) is 0. The van der Waals surface area contributed by atoms with Crippen LogP contribution in [0.5, 0.6) is 5.75 Å². The van der Waals surface area contributed by atoms with Gasteiger partial charge in [-0.2, -0.15) is 10.5 Å². The van der Waals surface area contributed by atoms with E-state index in [1.807, 2.05) is 36.4 Å². The highest BCUT2D eigenvalue weighted by atomic mass is 32.2. The van der Waals surface area contributed by atoms with Gasteiger partial charge in [-0.15, -0.1) is 0 Å². The van der Waals surface area contributed by atoms with Gasteiger partial charge in [0.25, 0.3) is 0 Å². The maximum Gasteiger partial charge on any atom is 0.143 e. The standard InChI is InChI=1S/C21H15N5OS/c22-10-16-19(14-4-5-18-13(9-14)6-8-27-18)17(11-23)21(26-20(16)24)28-12-15-3-1-2-7-25-15/h1-5,7,9H,6,8,12H2,(H2,24,26). The van der Waals surface area contributed by atoms with Gasteiger partial charge < -0.3 is 10.5 Å². The van der Waals surface area contributed by atoms with E-state index < -0.39 is 0 Å². The number of fused-ring (bicyclic) bond motifs is 1. The van der Waals surface area contributed by atoms with Crippen molar-refractivity contribution in [2.45, 2.75) is 17.2 Å². The zero-order valence-corrected chi connectivity index (χ0v) is 15.7. The molecule has 1 aliphatic rings. The molecule has 0 unspecified atom stereocenters. The van der Waals surface area contributed by atoms with Crippen LogP contribution >= 0.6 is 11.8 Å². The Hall–Kier alpha value is -3.55. The van der Waals surface area contributed by atoms with Crippen LogP contribution in [-0.2, 0) is 12.2 Å². The summed E-state index contributed by atoms with van der Waals surface area (Å²) in [5.74, 6) is 1.51. The van der Waals surface area contributed by atoms with Gasteiger partial charge in [0.2, 0.25) is 0 Å². The van der Waals surface area contributed by atoms with Crippen molar-refractivity contribution < 1.29 is 4.74 Å². The molecule has 0 saturated heterocycles. The van der Waals surface area contributed by atoms with Crippen LogP contribution in [0.25, 0.3) is 11.1 Å². The van der Waals surface area contributed by atoms with Gasteiger partial charge in [0.15, 0.2) is 0 Å². The van der Waals surface area contributed by atoms with Gasteiger partial charge >= 0.3 is 0 Å². The molecule has 28 heavy (non-hydrogen) atoms. The van der Waals surface area contributed by atoms with Crippen molar-refractivity contribution >= 4 is 17.6 Å². The number of nitriles is 2. The Kier molecular flexibility index (Phi) is 4.84. The maximum absolute atomic E-state index is 9.87. The molecule has 0 aliphatic carbocycles. The van der Waals surface area contributed by atoms with Crippen molar-refractivity contribution in [1.29, 1.82) is 10.5 Å². The molecule has 3 aromatic rings. The first-order valence-corrected chi connectivity index (χ1v) is 9.62. The number of nitrogens with zero attached hydrogens (tertiary/aromatic N) is 4. The molecule has 0 bridgehead atoms. The fraction of sp³-hybridized carbons (Fsp3) is 0.143. The molecule has 0 fully saturated rings. The molecule has 0 radical (unpaired) electrons. The van der Waals surface area contributed by atoms with Crippen molar-refractivity contribution in [3.8, 4) is 29.0 Å². The quantitative estimate of drug-likeness (QED) is 0.682. The zero-order valence-electron chi connectivity index (χ0n) is 14.8. The molecule has 0 spiro atoms. The second-order valence-corrected chi connectivity index (χ2v) is 7.15. The summed E-state index contributed by atoms with van der Waals surface area (Å²) in [5, 5.41) is 20.0. The highest BCUT2D eigenvalue weighted by Crippen LogP contribution is 2.38. The first-order valence-electron chi connectivity index (χ1n) is 8.63. The third-order valence-corrected chi connectivity index (χ3v) is 5.49. The molecule has 136 valence electrons. The van der Waals surface area contributed by atoms with Gasteiger partial charge in [0.05, 0.1) is 17.9 Å². The molecule has 2 aromatic heterocycles. The Morgan fingerprint density at radius 1 is 1.14 bits per heavy atom. The minimum absolute atomic E-state index is 0.122.